The van der Waals surface area contributed by atoms with Gasteiger partial charge in [-0.3, -0.25) is 4.79 Å². The van der Waals surface area contributed by atoms with Gasteiger partial charge in [-0.25, -0.2) is 4.79 Å². The van der Waals surface area contributed by atoms with E-state index in [1.54, 1.807) is 0 Å². The van der Waals surface area contributed by atoms with E-state index < -0.39 is 5.97 Å². The highest BCUT2D eigenvalue weighted by Gasteiger charge is 1.80. The molecule has 0 saturated carbocycles. The second kappa shape index (κ2) is 9.65. The van der Waals surface area contributed by atoms with Crippen LogP contribution in [-0.2, 0) is 9.59 Å². The molecule has 0 aliphatic heterocycles. The van der Waals surface area contributed by atoms with Crippen LogP contribution in [0.15, 0.2) is 5.16 Å². The molecule has 0 aliphatic rings. The van der Waals surface area contributed by atoms with Crippen LogP contribution in [0, 0.1) is 0 Å². The predicted octanol–water partition coefficient (Wildman–Crippen LogP) is -0.768. The minimum atomic E-state index is -1.25. The van der Waals surface area contributed by atoms with Crippen LogP contribution in [0.25, 0.3) is 0 Å². The average Bonchev–Trinajstić information content (AvgIpc) is 1.67. The second-order valence-corrected chi connectivity index (χ2v) is 0.688. The number of rotatable bonds is 1. The summed E-state index contributed by atoms with van der Waals surface area (Å²) in [6.07, 6.45) is 0.389. The minimum absolute atomic E-state index is 0.250. The van der Waals surface area contributed by atoms with Crippen molar-refractivity contribution in [3.8, 4) is 0 Å². The molecule has 0 heterocycles. The normalized spacial score (nSPS) is 7.56. The highest BCUT2D eigenvalue weighted by atomic mass is 16.4. The number of carboxylic acids is 1. The van der Waals surface area contributed by atoms with Gasteiger partial charge in [-0.05, 0) is 0 Å². The molecule has 0 atom stereocenters. The van der Waals surface area contributed by atoms with E-state index in [0.29, 0.717) is 6.21 Å². The first-order chi connectivity index (χ1) is 4.18. The number of carboxylic acid groups (broad SMARTS) is 2. The lowest BCUT2D eigenvalue weighted by molar-refractivity contribution is -0.129. The monoisotopic (exact) mass is 135 g/mol. The summed E-state index contributed by atoms with van der Waals surface area (Å²) in [5.41, 5.74) is 0. The molecule has 0 radical (unpaired) electrons. The molecule has 0 rings (SSSR count). The smallest absolute Gasteiger partial charge is 0.350 e. The van der Waals surface area contributed by atoms with E-state index in [1.165, 1.54) is 0 Å². The van der Waals surface area contributed by atoms with E-state index in [-0.39, 0.29) is 6.47 Å². The maximum absolute atomic E-state index is 9.29. The number of aliphatic carboxylic acids is 1. The zero-order valence-corrected chi connectivity index (χ0v) is 4.26. The molecule has 9 heavy (non-hydrogen) atoms. The third kappa shape index (κ3) is 62.7. The molecule has 0 aromatic carbocycles. The van der Waals surface area contributed by atoms with Crippen molar-refractivity contribution < 1.29 is 25.0 Å². The van der Waals surface area contributed by atoms with E-state index in [0.717, 1.165) is 0 Å². The quantitative estimate of drug-likeness (QED) is 0.189. The summed E-state index contributed by atoms with van der Waals surface area (Å²) in [5.74, 6) is -1.25. The maximum Gasteiger partial charge on any atom is 0.350 e. The van der Waals surface area contributed by atoms with Crippen LogP contribution in [-0.4, -0.2) is 34.1 Å². The number of carbonyl (C=O) groups is 2. The standard InChI is InChI=1S/C2H3NO3.CH2O2/c4-2(5)1-3-6;2-1-3/h1,6H,(H,4,5);1H,(H,2,3). The fraction of sp³-hybridized carbons (Fsp3) is 0. The Balaban J connectivity index is 0. The maximum atomic E-state index is 9.29. The molecule has 0 aromatic rings. The zero-order valence-electron chi connectivity index (χ0n) is 4.26. The van der Waals surface area contributed by atoms with Gasteiger partial charge in [0.25, 0.3) is 6.47 Å². The zero-order chi connectivity index (χ0) is 7.70. The van der Waals surface area contributed by atoms with Crippen molar-refractivity contribution >= 4 is 18.7 Å². The van der Waals surface area contributed by atoms with Crippen molar-refractivity contribution in [1.82, 2.24) is 0 Å². The molecule has 0 aromatic heterocycles. The number of hydrogen-bond donors (Lipinski definition) is 3. The average molecular weight is 135 g/mol. The molecule has 0 bridgehead atoms. The van der Waals surface area contributed by atoms with Crippen LogP contribution in [0.1, 0.15) is 0 Å². The van der Waals surface area contributed by atoms with Gasteiger partial charge in [-0.15, -0.1) is 0 Å². The lowest BCUT2D eigenvalue weighted by Gasteiger charge is -1.67. The van der Waals surface area contributed by atoms with Crippen molar-refractivity contribution in [2.75, 3.05) is 0 Å². The molecule has 0 saturated heterocycles. The Morgan fingerprint density at radius 2 is 1.89 bits per heavy atom. The molecule has 52 valence electrons. The van der Waals surface area contributed by atoms with Gasteiger partial charge in [0, 0.05) is 0 Å². The van der Waals surface area contributed by atoms with E-state index in [4.69, 9.17) is 20.2 Å². The van der Waals surface area contributed by atoms with Gasteiger partial charge >= 0.3 is 5.97 Å². The van der Waals surface area contributed by atoms with Crippen LogP contribution < -0.4 is 0 Å². The Labute approximate surface area is 50.0 Å². The molecule has 0 fully saturated rings. The molecule has 6 nitrogen and oxygen atoms in total. The van der Waals surface area contributed by atoms with Crippen LogP contribution in [0.2, 0.25) is 0 Å². The first kappa shape index (κ1) is 10.4. The number of oxime groups is 1. The molecule has 0 spiro atoms. The molecular weight excluding hydrogens is 130 g/mol. The fourth-order valence-electron chi connectivity index (χ4n) is 0.0494. The molecule has 3 N–H and O–H groups in total. The minimum Gasteiger partial charge on any atom is -0.483 e. The van der Waals surface area contributed by atoms with Crippen molar-refractivity contribution in [1.29, 1.82) is 0 Å². The Morgan fingerprint density at radius 3 is 1.89 bits per heavy atom. The van der Waals surface area contributed by atoms with Crippen LogP contribution in [0.3, 0.4) is 0 Å². The van der Waals surface area contributed by atoms with Crippen molar-refractivity contribution in [3.63, 3.8) is 0 Å². The summed E-state index contributed by atoms with van der Waals surface area (Å²) in [6.45, 7) is -0.250. The first-order valence-corrected chi connectivity index (χ1v) is 1.67. The molecule has 0 aliphatic carbocycles. The highest BCUT2D eigenvalue weighted by Crippen LogP contribution is 1.50. The SMILES string of the molecule is O=C(O)C=NO.O=CO. The Morgan fingerprint density at radius 1 is 1.56 bits per heavy atom. The van der Waals surface area contributed by atoms with Gasteiger partial charge in [0.05, 0.1) is 0 Å². The second-order valence-electron chi connectivity index (χ2n) is 0.688. The van der Waals surface area contributed by atoms with Gasteiger partial charge in [-0.1, -0.05) is 5.16 Å². The summed E-state index contributed by atoms with van der Waals surface area (Å²) < 4.78 is 0. The Hall–Kier alpha value is -1.59. The van der Waals surface area contributed by atoms with Crippen LogP contribution in [0.5, 0.6) is 0 Å². The molecule has 6 heteroatoms. The Bertz CT molecular complexity index is 109. The van der Waals surface area contributed by atoms with Crippen LogP contribution >= 0.6 is 0 Å². The van der Waals surface area contributed by atoms with E-state index in [9.17, 15) is 4.79 Å². The molecule has 0 unspecified atom stereocenters. The molecular formula is C3H5NO5. The van der Waals surface area contributed by atoms with Crippen molar-refractivity contribution in [3.05, 3.63) is 0 Å². The summed E-state index contributed by atoms with van der Waals surface area (Å²) in [7, 11) is 0. The third-order valence-corrected chi connectivity index (χ3v) is 0.168. The van der Waals surface area contributed by atoms with Gasteiger partial charge < -0.3 is 15.4 Å². The van der Waals surface area contributed by atoms with E-state index >= 15 is 0 Å². The summed E-state index contributed by atoms with van der Waals surface area (Å²) in [4.78, 5) is 17.7. The van der Waals surface area contributed by atoms with Gasteiger partial charge in [-0.2, -0.15) is 0 Å². The topological polar surface area (TPSA) is 107 Å². The largest absolute Gasteiger partial charge is 0.483 e. The van der Waals surface area contributed by atoms with Gasteiger partial charge in [0.1, 0.15) is 0 Å². The fourth-order valence-corrected chi connectivity index (χ4v) is 0.0494. The van der Waals surface area contributed by atoms with E-state index in [2.05, 4.69) is 5.16 Å². The van der Waals surface area contributed by atoms with Gasteiger partial charge in [0.2, 0.25) is 0 Å². The Kier molecular flexibility index (Phi) is 11.1. The molecule has 0 amide bonds. The lowest BCUT2D eigenvalue weighted by Crippen LogP contribution is -1.93. The summed E-state index contributed by atoms with van der Waals surface area (Å²) in [5, 5.41) is 24.1. The lowest BCUT2D eigenvalue weighted by atomic mass is 10.8. The van der Waals surface area contributed by atoms with Gasteiger partial charge in [0.15, 0.2) is 6.21 Å². The van der Waals surface area contributed by atoms with Crippen molar-refractivity contribution in [2.45, 2.75) is 0 Å². The highest BCUT2D eigenvalue weighted by molar-refractivity contribution is 6.21. The summed E-state index contributed by atoms with van der Waals surface area (Å²) in [6, 6.07) is 0. The third-order valence-electron chi connectivity index (χ3n) is 0.168. The number of nitrogens with zero attached hydrogens (tertiary/aromatic N) is 1. The van der Waals surface area contributed by atoms with Crippen LogP contribution in [0.4, 0.5) is 0 Å². The van der Waals surface area contributed by atoms with Crippen molar-refractivity contribution in [2.24, 2.45) is 5.16 Å². The predicted molar refractivity (Wildman–Crippen MR) is 26.6 cm³/mol. The van der Waals surface area contributed by atoms with E-state index in [1.807, 2.05) is 0 Å². The first-order valence-electron chi connectivity index (χ1n) is 1.67. The summed E-state index contributed by atoms with van der Waals surface area (Å²) >= 11 is 0. The number of hydrogen-bond acceptors (Lipinski definition) is 4.